The molecule has 1 nitrogen and oxygen atoms in total. The summed E-state index contributed by atoms with van der Waals surface area (Å²) in [4.78, 5) is 1.26. The minimum atomic E-state index is 0.711. The summed E-state index contributed by atoms with van der Waals surface area (Å²) in [5, 5.41) is 0. The topological polar surface area (TPSA) is 13.1 Å². The van der Waals surface area contributed by atoms with E-state index in [4.69, 9.17) is 4.42 Å². The summed E-state index contributed by atoms with van der Waals surface area (Å²) in [7, 11) is 0. The van der Waals surface area contributed by atoms with Gasteiger partial charge in [-0.1, -0.05) is 13.3 Å². The number of thioether (sulfide) groups is 1. The zero-order chi connectivity index (χ0) is 9.68. The molecule has 13 heavy (non-hydrogen) atoms. The highest BCUT2D eigenvalue weighted by Gasteiger charge is 2.07. The third-order valence-electron chi connectivity index (χ3n) is 2.12. The first-order valence-electron chi connectivity index (χ1n) is 4.55. The summed E-state index contributed by atoms with van der Waals surface area (Å²) in [5.41, 5.74) is 0. The molecular formula is C10H16OS2. The highest BCUT2D eigenvalue weighted by atomic mass is 32.2. The van der Waals surface area contributed by atoms with Gasteiger partial charge in [-0.15, -0.1) is 11.8 Å². The second-order valence-corrected chi connectivity index (χ2v) is 4.54. The Labute approximate surface area is 89.7 Å². The summed E-state index contributed by atoms with van der Waals surface area (Å²) in [6.45, 7) is 4.22. The average molecular weight is 216 g/mol. The van der Waals surface area contributed by atoms with E-state index in [1.165, 1.54) is 11.3 Å². The van der Waals surface area contributed by atoms with Crippen molar-refractivity contribution in [3.05, 3.63) is 18.1 Å². The van der Waals surface area contributed by atoms with E-state index in [-0.39, 0.29) is 0 Å². The first kappa shape index (κ1) is 11.1. The van der Waals surface area contributed by atoms with Crippen molar-refractivity contribution < 1.29 is 4.42 Å². The molecule has 1 aromatic rings. The van der Waals surface area contributed by atoms with Crippen LogP contribution in [0.1, 0.15) is 19.1 Å². The zero-order valence-corrected chi connectivity index (χ0v) is 9.83. The molecule has 0 N–H and O–H groups in total. The third kappa shape index (κ3) is 3.31. The minimum absolute atomic E-state index is 0.711. The van der Waals surface area contributed by atoms with Crippen LogP contribution in [0.4, 0.5) is 0 Å². The Kier molecular flexibility index (Phi) is 4.81. The lowest BCUT2D eigenvalue weighted by atomic mass is 10.2. The molecule has 1 rings (SSSR count). The fraction of sp³-hybridized carbons (Fsp3) is 0.600. The molecule has 0 radical (unpaired) electrons. The van der Waals surface area contributed by atoms with Gasteiger partial charge >= 0.3 is 0 Å². The van der Waals surface area contributed by atoms with Crippen LogP contribution in [0.2, 0.25) is 0 Å². The molecule has 1 heterocycles. The summed E-state index contributed by atoms with van der Waals surface area (Å²) < 4.78 is 5.22. The van der Waals surface area contributed by atoms with Crippen LogP contribution in [0.3, 0.4) is 0 Å². The van der Waals surface area contributed by atoms with Gasteiger partial charge < -0.3 is 4.42 Å². The first-order chi connectivity index (χ1) is 6.27. The maximum absolute atomic E-state index is 5.22. The van der Waals surface area contributed by atoms with Gasteiger partial charge in [0.2, 0.25) is 0 Å². The van der Waals surface area contributed by atoms with Crippen molar-refractivity contribution in [1.82, 2.24) is 0 Å². The predicted molar refractivity (Wildman–Crippen MR) is 61.8 cm³/mol. The quantitative estimate of drug-likeness (QED) is 0.596. The molecular weight excluding hydrogens is 200 g/mol. The standard InChI is InChI=1S/C10H16OS2/c1-3-9(6-12)7-13-10-4-5-11-8(10)2/h4-5,9,12H,3,6-7H2,1-2H3. The molecule has 0 saturated heterocycles. The van der Waals surface area contributed by atoms with E-state index in [9.17, 15) is 0 Å². The van der Waals surface area contributed by atoms with Crippen LogP contribution in [0.5, 0.6) is 0 Å². The summed E-state index contributed by atoms with van der Waals surface area (Å²) >= 11 is 6.18. The fourth-order valence-electron chi connectivity index (χ4n) is 1.03. The van der Waals surface area contributed by atoms with Gasteiger partial charge in [0.25, 0.3) is 0 Å². The van der Waals surface area contributed by atoms with E-state index >= 15 is 0 Å². The molecule has 0 aliphatic heterocycles. The van der Waals surface area contributed by atoms with E-state index in [2.05, 4.69) is 19.6 Å². The highest BCUT2D eigenvalue weighted by molar-refractivity contribution is 7.99. The Balaban J connectivity index is 2.38. The Morgan fingerprint density at radius 2 is 2.38 bits per heavy atom. The minimum Gasteiger partial charge on any atom is -0.468 e. The SMILES string of the molecule is CCC(CS)CSc1ccoc1C. The molecule has 1 aromatic heterocycles. The van der Waals surface area contributed by atoms with Gasteiger partial charge in [-0.3, -0.25) is 0 Å². The van der Waals surface area contributed by atoms with Crippen molar-refractivity contribution in [1.29, 1.82) is 0 Å². The molecule has 0 amide bonds. The number of aryl methyl sites for hydroxylation is 1. The normalized spacial score (nSPS) is 13.2. The molecule has 74 valence electrons. The fourth-order valence-corrected chi connectivity index (χ4v) is 2.76. The van der Waals surface area contributed by atoms with Gasteiger partial charge in [0.05, 0.1) is 6.26 Å². The van der Waals surface area contributed by atoms with Crippen LogP contribution in [0.25, 0.3) is 0 Å². The second-order valence-electron chi connectivity index (χ2n) is 3.11. The summed E-state index contributed by atoms with van der Waals surface area (Å²) in [6.07, 6.45) is 2.95. The van der Waals surface area contributed by atoms with Crippen LogP contribution < -0.4 is 0 Å². The van der Waals surface area contributed by atoms with Crippen molar-refractivity contribution in [3.63, 3.8) is 0 Å². The third-order valence-corrected chi connectivity index (χ3v) is 4.01. The lowest BCUT2D eigenvalue weighted by molar-refractivity contribution is 0.526. The molecule has 3 heteroatoms. The highest BCUT2D eigenvalue weighted by Crippen LogP contribution is 2.26. The van der Waals surface area contributed by atoms with Crippen LogP contribution in [0.15, 0.2) is 21.6 Å². The number of hydrogen-bond donors (Lipinski definition) is 1. The van der Waals surface area contributed by atoms with Gasteiger partial charge in [0.1, 0.15) is 5.76 Å². The first-order valence-corrected chi connectivity index (χ1v) is 6.17. The van der Waals surface area contributed by atoms with E-state index in [0.717, 1.165) is 17.3 Å². The second kappa shape index (κ2) is 5.66. The Bertz CT molecular complexity index is 241. The maximum Gasteiger partial charge on any atom is 0.114 e. The lowest BCUT2D eigenvalue weighted by Gasteiger charge is -2.09. The molecule has 0 bridgehead atoms. The van der Waals surface area contributed by atoms with Crippen LogP contribution >= 0.6 is 24.4 Å². The van der Waals surface area contributed by atoms with Gasteiger partial charge in [-0.25, -0.2) is 0 Å². The summed E-state index contributed by atoms with van der Waals surface area (Å²) in [6, 6.07) is 2.03. The van der Waals surface area contributed by atoms with Gasteiger partial charge in [0.15, 0.2) is 0 Å². The molecule has 0 saturated carbocycles. The largest absolute Gasteiger partial charge is 0.468 e. The molecule has 0 aliphatic rings. The number of hydrogen-bond acceptors (Lipinski definition) is 3. The summed E-state index contributed by atoms with van der Waals surface area (Å²) in [5.74, 6) is 3.85. The Morgan fingerprint density at radius 3 is 2.85 bits per heavy atom. The predicted octanol–water partition coefficient (Wildman–Crippen LogP) is 3.64. The van der Waals surface area contributed by atoms with E-state index in [1.54, 1.807) is 6.26 Å². The molecule has 0 spiro atoms. The maximum atomic E-state index is 5.22. The monoisotopic (exact) mass is 216 g/mol. The molecule has 1 atom stereocenters. The molecule has 0 fully saturated rings. The zero-order valence-electron chi connectivity index (χ0n) is 8.12. The number of furan rings is 1. The van der Waals surface area contributed by atoms with Gasteiger partial charge in [0, 0.05) is 10.6 Å². The van der Waals surface area contributed by atoms with Crippen molar-refractivity contribution in [2.75, 3.05) is 11.5 Å². The van der Waals surface area contributed by atoms with E-state index in [1.807, 2.05) is 24.8 Å². The van der Waals surface area contributed by atoms with Crippen molar-refractivity contribution >= 4 is 24.4 Å². The molecule has 0 aromatic carbocycles. The van der Waals surface area contributed by atoms with Gasteiger partial charge in [-0.05, 0) is 24.7 Å². The van der Waals surface area contributed by atoms with E-state index < -0.39 is 0 Å². The van der Waals surface area contributed by atoms with Crippen molar-refractivity contribution in [2.45, 2.75) is 25.2 Å². The lowest BCUT2D eigenvalue weighted by Crippen LogP contribution is -2.03. The smallest absolute Gasteiger partial charge is 0.114 e. The van der Waals surface area contributed by atoms with E-state index in [0.29, 0.717) is 5.92 Å². The van der Waals surface area contributed by atoms with Crippen molar-refractivity contribution in [2.24, 2.45) is 5.92 Å². The Hall–Kier alpha value is -0.0200. The van der Waals surface area contributed by atoms with Gasteiger partial charge in [-0.2, -0.15) is 12.6 Å². The van der Waals surface area contributed by atoms with Crippen LogP contribution in [-0.4, -0.2) is 11.5 Å². The molecule has 0 aliphatic carbocycles. The van der Waals surface area contributed by atoms with Crippen LogP contribution in [0, 0.1) is 12.8 Å². The van der Waals surface area contributed by atoms with Crippen LogP contribution in [-0.2, 0) is 0 Å². The number of thiol groups is 1. The molecule has 1 unspecified atom stereocenters. The Morgan fingerprint density at radius 1 is 1.62 bits per heavy atom. The average Bonchev–Trinajstić information content (AvgIpc) is 2.54. The van der Waals surface area contributed by atoms with Crippen molar-refractivity contribution in [3.8, 4) is 0 Å². The number of rotatable bonds is 5.